The summed E-state index contributed by atoms with van der Waals surface area (Å²) >= 11 is 1.87. The summed E-state index contributed by atoms with van der Waals surface area (Å²) in [6, 6.07) is 4.97. The third-order valence-corrected chi connectivity index (χ3v) is 4.27. The number of morpholine rings is 1. The molecule has 0 aromatic carbocycles. The highest BCUT2D eigenvalue weighted by atomic mass is 32.1. The normalized spacial score (nSPS) is 23.8. The zero-order valence-electron chi connectivity index (χ0n) is 10.7. The molecule has 0 bridgehead atoms. The maximum atomic E-state index is 5.76. The minimum atomic E-state index is 0.336. The van der Waals surface area contributed by atoms with Crippen LogP contribution in [0.15, 0.2) is 17.5 Å². The molecule has 1 aliphatic rings. The van der Waals surface area contributed by atoms with E-state index >= 15 is 0 Å². The Balaban J connectivity index is 1.99. The quantitative estimate of drug-likeness (QED) is 0.871. The van der Waals surface area contributed by atoms with Crippen molar-refractivity contribution in [2.24, 2.45) is 0 Å². The van der Waals surface area contributed by atoms with Gasteiger partial charge in [-0.25, -0.2) is 0 Å². The van der Waals surface area contributed by atoms with Crippen LogP contribution in [-0.4, -0.2) is 44.3 Å². The summed E-state index contributed by atoms with van der Waals surface area (Å²) in [7, 11) is 1.98. The molecule has 1 N–H and O–H groups in total. The molecule has 1 fully saturated rings. The molecule has 0 radical (unpaired) electrons. The molecule has 2 atom stereocenters. The number of thiophene rings is 1. The fraction of sp³-hybridized carbons (Fsp3) is 0.692. The van der Waals surface area contributed by atoms with Gasteiger partial charge >= 0.3 is 0 Å². The van der Waals surface area contributed by atoms with Gasteiger partial charge in [0.2, 0.25) is 0 Å². The van der Waals surface area contributed by atoms with Crippen LogP contribution in [0.1, 0.15) is 24.3 Å². The van der Waals surface area contributed by atoms with Crippen molar-refractivity contribution in [3.05, 3.63) is 22.4 Å². The van der Waals surface area contributed by atoms with Gasteiger partial charge in [-0.2, -0.15) is 0 Å². The summed E-state index contributed by atoms with van der Waals surface area (Å²) in [5.41, 5.74) is 0. The molecule has 1 aromatic rings. The van der Waals surface area contributed by atoms with E-state index in [-0.39, 0.29) is 0 Å². The maximum Gasteiger partial charge on any atom is 0.0826 e. The predicted octanol–water partition coefficient (Wildman–Crippen LogP) is 2.12. The number of nitrogens with zero attached hydrogens (tertiary/aromatic N) is 1. The van der Waals surface area contributed by atoms with Crippen molar-refractivity contribution in [2.45, 2.75) is 25.5 Å². The Kier molecular flexibility index (Phi) is 4.98. The summed E-state index contributed by atoms with van der Waals surface area (Å²) in [4.78, 5) is 4.05. The van der Waals surface area contributed by atoms with Crippen molar-refractivity contribution in [3.63, 3.8) is 0 Å². The van der Waals surface area contributed by atoms with Gasteiger partial charge < -0.3 is 10.1 Å². The molecule has 4 heteroatoms. The monoisotopic (exact) mass is 254 g/mol. The van der Waals surface area contributed by atoms with Gasteiger partial charge in [0.15, 0.2) is 0 Å². The van der Waals surface area contributed by atoms with E-state index < -0.39 is 0 Å². The Labute approximate surface area is 108 Å². The maximum absolute atomic E-state index is 5.76. The van der Waals surface area contributed by atoms with Crippen LogP contribution < -0.4 is 5.32 Å². The number of ether oxygens (including phenoxy) is 1. The largest absolute Gasteiger partial charge is 0.374 e. The third-order valence-electron chi connectivity index (χ3n) is 3.30. The molecule has 1 aromatic heterocycles. The van der Waals surface area contributed by atoms with Crippen molar-refractivity contribution < 1.29 is 4.74 Å². The van der Waals surface area contributed by atoms with Crippen molar-refractivity contribution in [1.82, 2.24) is 10.2 Å². The number of hydrogen-bond donors (Lipinski definition) is 1. The summed E-state index contributed by atoms with van der Waals surface area (Å²) in [5.74, 6) is 0. The highest BCUT2D eigenvalue weighted by Gasteiger charge is 2.26. The summed E-state index contributed by atoms with van der Waals surface area (Å²) in [6.07, 6.45) is 1.51. The van der Waals surface area contributed by atoms with Crippen molar-refractivity contribution in [2.75, 3.05) is 33.3 Å². The van der Waals surface area contributed by atoms with E-state index in [0.29, 0.717) is 12.1 Å². The highest BCUT2D eigenvalue weighted by Crippen LogP contribution is 2.29. The average Bonchev–Trinajstić information content (AvgIpc) is 2.85. The molecule has 0 aliphatic carbocycles. The number of hydrogen-bond acceptors (Lipinski definition) is 4. The second kappa shape index (κ2) is 6.50. The molecule has 0 saturated carbocycles. The van der Waals surface area contributed by atoms with E-state index in [1.165, 1.54) is 11.3 Å². The fourth-order valence-electron chi connectivity index (χ4n) is 2.50. The van der Waals surface area contributed by atoms with Crippen LogP contribution in [0.2, 0.25) is 0 Å². The summed E-state index contributed by atoms with van der Waals surface area (Å²) < 4.78 is 5.76. The van der Waals surface area contributed by atoms with Crippen LogP contribution in [0.25, 0.3) is 0 Å². The van der Waals surface area contributed by atoms with Crippen LogP contribution >= 0.6 is 11.3 Å². The lowest BCUT2D eigenvalue weighted by Gasteiger charge is -2.37. The minimum Gasteiger partial charge on any atom is -0.374 e. The smallest absolute Gasteiger partial charge is 0.0826 e. The second-order valence-electron chi connectivity index (χ2n) is 4.48. The zero-order chi connectivity index (χ0) is 12.1. The van der Waals surface area contributed by atoms with Gasteiger partial charge in [0, 0.05) is 30.6 Å². The lowest BCUT2D eigenvalue weighted by Crippen LogP contribution is -2.47. The summed E-state index contributed by atoms with van der Waals surface area (Å²) in [5, 5.41) is 5.37. The van der Waals surface area contributed by atoms with E-state index in [1.54, 1.807) is 0 Å². The molecule has 96 valence electrons. The van der Waals surface area contributed by atoms with Crippen molar-refractivity contribution >= 4 is 11.3 Å². The van der Waals surface area contributed by atoms with Gasteiger partial charge in [-0.1, -0.05) is 13.0 Å². The van der Waals surface area contributed by atoms with Crippen LogP contribution in [0.3, 0.4) is 0 Å². The molecular weight excluding hydrogens is 232 g/mol. The molecule has 17 heavy (non-hydrogen) atoms. The summed E-state index contributed by atoms with van der Waals surface area (Å²) in [6.45, 7) is 6.16. The first-order valence-electron chi connectivity index (χ1n) is 6.38. The standard InChI is InChI=1S/C13H22N2OS/c1-3-12(13-5-4-8-17-13)15-6-7-16-11(10-15)9-14-2/h4-5,8,11-12,14H,3,6-7,9-10H2,1-2H3. The number of rotatable bonds is 5. The first kappa shape index (κ1) is 13.0. The van der Waals surface area contributed by atoms with E-state index in [2.05, 4.69) is 34.7 Å². The first-order valence-corrected chi connectivity index (χ1v) is 7.26. The average molecular weight is 254 g/mol. The Bertz CT molecular complexity index is 313. The molecule has 1 aliphatic heterocycles. The third kappa shape index (κ3) is 3.28. The van der Waals surface area contributed by atoms with Gasteiger partial charge in [-0.05, 0) is 24.9 Å². The molecule has 0 amide bonds. The van der Waals surface area contributed by atoms with Crippen LogP contribution in [0.5, 0.6) is 0 Å². The molecule has 2 unspecified atom stereocenters. The van der Waals surface area contributed by atoms with Gasteiger partial charge in [-0.15, -0.1) is 11.3 Å². The number of nitrogens with one attached hydrogen (secondary N) is 1. The Morgan fingerprint density at radius 3 is 3.18 bits per heavy atom. The van der Waals surface area contributed by atoms with Gasteiger partial charge in [0.1, 0.15) is 0 Å². The van der Waals surface area contributed by atoms with E-state index in [0.717, 1.165) is 26.2 Å². The second-order valence-corrected chi connectivity index (χ2v) is 5.46. The van der Waals surface area contributed by atoms with Gasteiger partial charge in [-0.3, -0.25) is 4.90 Å². The zero-order valence-corrected chi connectivity index (χ0v) is 11.5. The lowest BCUT2D eigenvalue weighted by molar-refractivity contribution is -0.0419. The SMILES string of the molecule is CCC(c1cccs1)N1CCOC(CNC)C1. The molecule has 0 spiro atoms. The predicted molar refractivity (Wildman–Crippen MR) is 72.6 cm³/mol. The Hall–Kier alpha value is -0.420. The Morgan fingerprint density at radius 1 is 1.65 bits per heavy atom. The highest BCUT2D eigenvalue weighted by molar-refractivity contribution is 7.10. The molecular formula is C13H22N2OS. The fourth-order valence-corrected chi connectivity index (χ4v) is 3.44. The van der Waals surface area contributed by atoms with Gasteiger partial charge in [0.25, 0.3) is 0 Å². The van der Waals surface area contributed by atoms with E-state index in [9.17, 15) is 0 Å². The van der Waals surface area contributed by atoms with Crippen molar-refractivity contribution in [3.8, 4) is 0 Å². The Morgan fingerprint density at radius 2 is 2.53 bits per heavy atom. The molecule has 2 rings (SSSR count). The van der Waals surface area contributed by atoms with Crippen LogP contribution in [0.4, 0.5) is 0 Å². The van der Waals surface area contributed by atoms with E-state index in [1.807, 2.05) is 18.4 Å². The molecule has 2 heterocycles. The number of likely N-dealkylation sites (N-methyl/N-ethyl adjacent to an activating group) is 1. The van der Waals surface area contributed by atoms with Crippen molar-refractivity contribution in [1.29, 1.82) is 0 Å². The minimum absolute atomic E-state index is 0.336. The van der Waals surface area contributed by atoms with Crippen LogP contribution in [0, 0.1) is 0 Å². The van der Waals surface area contributed by atoms with E-state index in [4.69, 9.17) is 4.74 Å². The molecule has 3 nitrogen and oxygen atoms in total. The van der Waals surface area contributed by atoms with Crippen LogP contribution in [-0.2, 0) is 4.74 Å². The lowest BCUT2D eigenvalue weighted by atomic mass is 10.1. The molecule has 1 saturated heterocycles. The first-order chi connectivity index (χ1) is 8.35. The van der Waals surface area contributed by atoms with Gasteiger partial charge in [0.05, 0.1) is 12.7 Å². The topological polar surface area (TPSA) is 24.5 Å².